The zero-order valence-electron chi connectivity index (χ0n) is 6.85. The number of hydrogen-bond acceptors (Lipinski definition) is 8. The van der Waals surface area contributed by atoms with E-state index in [2.05, 4.69) is 8.58 Å². The van der Waals surface area contributed by atoms with Gasteiger partial charge in [0.25, 0.3) is 0 Å². The van der Waals surface area contributed by atoms with E-state index in [9.17, 15) is 28.0 Å². The molecule has 10 heteroatoms. The molecule has 0 fully saturated rings. The van der Waals surface area contributed by atoms with Crippen LogP contribution in [0.25, 0.3) is 0 Å². The van der Waals surface area contributed by atoms with Crippen LogP contribution in [0, 0.1) is 20.5 Å². The van der Waals surface area contributed by atoms with Gasteiger partial charge in [-0.1, -0.05) is 0 Å². The lowest BCUT2D eigenvalue weighted by molar-refractivity contribution is -1.92. The smallest absolute Gasteiger partial charge is 0.183 e. The number of unbranched alkanes of at least 4 members (excludes halogenated alkanes) is 1. The quantitative estimate of drug-likeness (QED) is 0.406. The van der Waals surface area contributed by atoms with E-state index in [-0.39, 0.29) is 26.1 Å². The molecule has 0 radical (unpaired) electrons. The number of rotatable bonds is 7. The molecule has 0 bridgehead atoms. The fraction of sp³-hybridized carbons (Fsp3) is 1.00. The molecule has 0 atom stereocenters. The van der Waals surface area contributed by atoms with E-state index >= 15 is 0 Å². The lowest BCUT2D eigenvalue weighted by atomic mass is 10.3. The highest BCUT2D eigenvalue weighted by molar-refractivity contribution is 4.32. The molecule has 0 aliphatic rings. The largest absolute Gasteiger partial charge is 0.203 e. The summed E-state index contributed by atoms with van der Waals surface area (Å²) in [5.41, 5.74) is 0. The standard InChI is InChI=1S/C4H8Cl2O8/c7-5(8,9)13-3-1-2-4-14-6(10,11)12/h1-4H2. The van der Waals surface area contributed by atoms with E-state index in [1.54, 1.807) is 0 Å². The maximum atomic E-state index is 9.84. The molecule has 0 rings (SSSR count). The molecule has 0 aliphatic carbocycles. The van der Waals surface area contributed by atoms with Gasteiger partial charge in [0.15, 0.2) is 0 Å². The third kappa shape index (κ3) is 12.3. The van der Waals surface area contributed by atoms with Gasteiger partial charge in [0.1, 0.15) is 0 Å². The van der Waals surface area contributed by atoms with Gasteiger partial charge in [-0.3, -0.25) is 0 Å². The Hall–Kier alpha value is 0.260. The molecule has 0 aromatic carbocycles. The van der Waals surface area contributed by atoms with E-state index in [1.165, 1.54) is 0 Å². The topological polar surface area (TPSA) is 157 Å². The van der Waals surface area contributed by atoms with Crippen LogP contribution in [0.15, 0.2) is 0 Å². The van der Waals surface area contributed by atoms with Crippen molar-refractivity contribution in [2.45, 2.75) is 12.8 Å². The van der Waals surface area contributed by atoms with Gasteiger partial charge < -0.3 is 0 Å². The molecular weight excluding hydrogens is 247 g/mol. The fourth-order valence-corrected chi connectivity index (χ4v) is 1.10. The van der Waals surface area contributed by atoms with Gasteiger partial charge in [-0.2, -0.15) is 28.0 Å². The summed E-state index contributed by atoms with van der Waals surface area (Å²) in [6.07, 6.45) is 0.166. The molecule has 0 amide bonds. The van der Waals surface area contributed by atoms with Crippen LogP contribution in [0.1, 0.15) is 12.8 Å². The molecule has 0 unspecified atom stereocenters. The monoisotopic (exact) mass is 254 g/mol. The lowest BCUT2D eigenvalue weighted by Gasteiger charge is -2.13. The van der Waals surface area contributed by atoms with Crippen molar-refractivity contribution >= 4 is 0 Å². The number of hydrogen-bond donors (Lipinski definition) is 0. The molecule has 14 heavy (non-hydrogen) atoms. The summed E-state index contributed by atoms with van der Waals surface area (Å²) in [4.78, 5) is 0. The van der Waals surface area contributed by atoms with Crippen molar-refractivity contribution in [1.29, 1.82) is 0 Å². The third-order valence-corrected chi connectivity index (χ3v) is 1.80. The first-order valence-corrected chi connectivity index (χ1v) is 5.78. The van der Waals surface area contributed by atoms with Gasteiger partial charge in [-0.15, -0.1) is 0 Å². The molecule has 0 aromatic rings. The summed E-state index contributed by atoms with van der Waals surface area (Å²) in [6.45, 7) is -0.765. The Morgan fingerprint density at radius 3 is 1.14 bits per heavy atom. The highest BCUT2D eigenvalue weighted by Crippen LogP contribution is 1.97. The molecule has 8 nitrogen and oxygen atoms in total. The summed E-state index contributed by atoms with van der Waals surface area (Å²) in [5.74, 6) is 0. The summed E-state index contributed by atoms with van der Waals surface area (Å²) < 4.78 is 66.6. The first-order chi connectivity index (χ1) is 6.21. The van der Waals surface area contributed by atoms with Crippen LogP contribution in [-0.2, 0) is 8.58 Å². The Morgan fingerprint density at radius 1 is 0.643 bits per heavy atom. The van der Waals surface area contributed by atoms with Crippen LogP contribution in [0.5, 0.6) is 0 Å². The van der Waals surface area contributed by atoms with Crippen LogP contribution in [0.4, 0.5) is 0 Å². The van der Waals surface area contributed by atoms with Crippen LogP contribution in [0.2, 0.25) is 0 Å². The molecule has 0 aromatic heterocycles. The van der Waals surface area contributed by atoms with Gasteiger partial charge in [-0.25, -0.2) is 0 Å². The van der Waals surface area contributed by atoms with Crippen LogP contribution in [-0.4, -0.2) is 13.2 Å². The normalized spacial score (nSPS) is 13.3. The zero-order chi connectivity index (χ0) is 11.2. The highest BCUT2D eigenvalue weighted by Gasteiger charge is 2.18. The molecular formula is C4H8Cl2O8. The Morgan fingerprint density at radius 2 is 0.929 bits per heavy atom. The first-order valence-electron chi connectivity index (χ1n) is 3.31. The summed E-state index contributed by atoms with van der Waals surface area (Å²) in [6, 6.07) is 0. The average molecular weight is 255 g/mol. The molecule has 0 spiro atoms. The van der Waals surface area contributed by atoms with Crippen molar-refractivity contribution in [1.82, 2.24) is 0 Å². The van der Waals surface area contributed by atoms with Crippen molar-refractivity contribution in [3.05, 3.63) is 0 Å². The maximum absolute atomic E-state index is 9.84. The van der Waals surface area contributed by atoms with E-state index in [1.807, 2.05) is 0 Å². The fourth-order valence-electron chi connectivity index (χ4n) is 0.502. The minimum absolute atomic E-state index is 0.0828. The second kappa shape index (κ2) is 5.98. The third-order valence-electron chi connectivity index (χ3n) is 0.960. The van der Waals surface area contributed by atoms with Crippen LogP contribution in [0.3, 0.4) is 0 Å². The predicted octanol–water partition coefficient (Wildman–Crippen LogP) is -6.41. The van der Waals surface area contributed by atoms with E-state index in [4.69, 9.17) is 0 Å². The number of halogens is 2. The van der Waals surface area contributed by atoms with Crippen molar-refractivity contribution in [3.8, 4) is 0 Å². The second-order valence-corrected chi connectivity index (χ2v) is 4.04. The van der Waals surface area contributed by atoms with Crippen molar-refractivity contribution < 1.29 is 57.0 Å². The molecule has 0 aliphatic heterocycles. The van der Waals surface area contributed by atoms with Crippen molar-refractivity contribution in [2.75, 3.05) is 13.2 Å². The van der Waals surface area contributed by atoms with Gasteiger partial charge >= 0.3 is 0 Å². The van der Waals surface area contributed by atoms with E-state index in [0.29, 0.717) is 0 Å². The minimum Gasteiger partial charge on any atom is -0.183 e. The molecule has 0 saturated carbocycles. The van der Waals surface area contributed by atoms with Crippen molar-refractivity contribution in [2.24, 2.45) is 0 Å². The molecule has 0 heterocycles. The van der Waals surface area contributed by atoms with Gasteiger partial charge in [0, 0.05) is 0 Å². The minimum atomic E-state index is -4.46. The van der Waals surface area contributed by atoms with Crippen LogP contribution >= 0.6 is 0 Å². The second-order valence-electron chi connectivity index (χ2n) is 2.09. The Balaban J connectivity index is 3.23. The predicted molar refractivity (Wildman–Crippen MR) is 21.1 cm³/mol. The van der Waals surface area contributed by atoms with Gasteiger partial charge in [0.2, 0.25) is 13.2 Å². The Bertz CT molecular complexity index is 132. The summed E-state index contributed by atoms with van der Waals surface area (Å²) in [5, 5.41) is 0. The molecule has 0 saturated heterocycles. The summed E-state index contributed by atoms with van der Waals surface area (Å²) >= 11 is 0. The van der Waals surface area contributed by atoms with Gasteiger partial charge in [0.05, 0.1) is 29.1 Å². The lowest BCUT2D eigenvalue weighted by Crippen LogP contribution is -2.61. The van der Waals surface area contributed by atoms with Crippen molar-refractivity contribution in [3.63, 3.8) is 0 Å². The zero-order valence-corrected chi connectivity index (χ0v) is 8.36. The summed E-state index contributed by atoms with van der Waals surface area (Å²) in [7, 11) is -8.91. The SMILES string of the molecule is [O-][Cl+3]([O-])([O-])OCCCCO[Cl+3]([O-])([O-])[O-]. The van der Waals surface area contributed by atoms with Gasteiger partial charge in [-0.05, 0) is 12.8 Å². The van der Waals surface area contributed by atoms with E-state index in [0.717, 1.165) is 0 Å². The van der Waals surface area contributed by atoms with Crippen LogP contribution < -0.4 is 28.0 Å². The first kappa shape index (κ1) is 14.3. The molecule has 0 N–H and O–H groups in total. The highest BCUT2D eigenvalue weighted by atomic mass is 35.7. The Kier molecular flexibility index (Phi) is 6.09. The molecule has 86 valence electrons. The van der Waals surface area contributed by atoms with E-state index < -0.39 is 20.5 Å². The maximum Gasteiger partial charge on any atom is 0.203 e. The average Bonchev–Trinajstić information content (AvgIpc) is 1.92. The Labute approximate surface area is 83.7 Å².